The lowest BCUT2D eigenvalue weighted by Gasteiger charge is -2.40. The van der Waals surface area contributed by atoms with Crippen molar-refractivity contribution in [1.29, 1.82) is 0 Å². The highest BCUT2D eigenvalue weighted by atomic mass is 79.9. The van der Waals surface area contributed by atoms with Crippen LogP contribution >= 0.6 is 15.9 Å². The van der Waals surface area contributed by atoms with Crippen molar-refractivity contribution in [3.8, 4) is 0 Å². The maximum Gasteiger partial charge on any atom is 0.471 e. The lowest BCUT2D eigenvalue weighted by molar-refractivity contribution is -0.186. The van der Waals surface area contributed by atoms with Gasteiger partial charge >= 0.3 is 18.1 Å². The molecular formula is C10H12BrF4NO4. The van der Waals surface area contributed by atoms with Crippen LogP contribution in [-0.4, -0.2) is 47.5 Å². The molecule has 0 spiro atoms. The summed E-state index contributed by atoms with van der Waals surface area (Å²) in [5.41, 5.74) is 0. The second-order valence-electron chi connectivity index (χ2n) is 4.21. The van der Waals surface area contributed by atoms with Crippen LogP contribution in [0, 0.1) is 0 Å². The largest absolute Gasteiger partial charge is 0.471 e. The Labute approximate surface area is 120 Å². The molecule has 1 aliphatic heterocycles. The van der Waals surface area contributed by atoms with E-state index in [1.54, 1.807) is 5.32 Å². The fraction of sp³-hybridized carbons (Fsp3) is 0.800. The lowest BCUT2D eigenvalue weighted by atomic mass is 9.98. The summed E-state index contributed by atoms with van der Waals surface area (Å²) in [6, 6.07) is -1.45. The summed E-state index contributed by atoms with van der Waals surface area (Å²) >= 11 is 2.83. The number of alkyl halides is 5. The van der Waals surface area contributed by atoms with E-state index in [1.807, 2.05) is 0 Å². The van der Waals surface area contributed by atoms with Crippen molar-refractivity contribution in [2.45, 2.75) is 49.5 Å². The zero-order valence-corrected chi connectivity index (χ0v) is 12.0. The van der Waals surface area contributed by atoms with Gasteiger partial charge in [0, 0.05) is 6.92 Å². The third-order valence-electron chi connectivity index (χ3n) is 2.63. The van der Waals surface area contributed by atoms with Crippen molar-refractivity contribution in [2.75, 3.05) is 0 Å². The predicted molar refractivity (Wildman–Crippen MR) is 61.7 cm³/mol. The molecule has 1 saturated heterocycles. The van der Waals surface area contributed by atoms with Gasteiger partial charge < -0.3 is 14.8 Å². The van der Waals surface area contributed by atoms with Crippen molar-refractivity contribution in [1.82, 2.24) is 5.32 Å². The molecular weight excluding hydrogens is 354 g/mol. The van der Waals surface area contributed by atoms with Gasteiger partial charge in [0.2, 0.25) is 0 Å². The predicted octanol–water partition coefficient (Wildman–Crippen LogP) is 1.44. The Kier molecular flexibility index (Phi) is 5.36. The zero-order chi connectivity index (χ0) is 15.7. The standard InChI is InChI=1S/C10H12BrF4NO4/c1-3-6(16-9(18)10(13,14)15)7(20-4(2)17)5(12)8(11)19-3/h3,5-8H,1-2H3,(H,16,18). The molecule has 1 rings (SSSR count). The minimum absolute atomic E-state index is 0.877. The average Bonchev–Trinajstić information content (AvgIpc) is 2.28. The SMILES string of the molecule is CC(=O)OC1C(F)C(Br)OC(C)C1NC(=O)C(F)(F)F. The number of hydrogen-bond donors (Lipinski definition) is 1. The van der Waals surface area contributed by atoms with Gasteiger partial charge in [-0.15, -0.1) is 0 Å². The van der Waals surface area contributed by atoms with Crippen molar-refractivity contribution >= 4 is 27.8 Å². The molecule has 5 nitrogen and oxygen atoms in total. The lowest BCUT2D eigenvalue weighted by Crippen LogP contribution is -2.63. The van der Waals surface area contributed by atoms with E-state index in [0.29, 0.717) is 0 Å². The molecule has 1 N–H and O–H groups in total. The number of carbonyl (C=O) groups is 2. The number of nitrogens with one attached hydrogen (secondary N) is 1. The Morgan fingerprint density at radius 2 is 1.90 bits per heavy atom. The summed E-state index contributed by atoms with van der Waals surface area (Å²) in [5.74, 6) is -3.13. The zero-order valence-electron chi connectivity index (χ0n) is 10.4. The normalized spacial score (nSPS) is 34.5. The Morgan fingerprint density at radius 3 is 2.35 bits per heavy atom. The average molecular weight is 366 g/mol. The molecule has 0 radical (unpaired) electrons. The van der Waals surface area contributed by atoms with Crippen LogP contribution in [0.4, 0.5) is 17.6 Å². The molecule has 5 unspecified atom stereocenters. The molecule has 1 fully saturated rings. The number of hydrogen-bond acceptors (Lipinski definition) is 4. The first-order chi connectivity index (χ1) is 9.04. The summed E-state index contributed by atoms with van der Waals surface area (Å²) in [5, 5.41) is 0.436. The molecule has 0 bridgehead atoms. The summed E-state index contributed by atoms with van der Waals surface area (Å²) in [6.45, 7) is 2.32. The monoisotopic (exact) mass is 365 g/mol. The molecule has 1 heterocycles. The van der Waals surface area contributed by atoms with Crippen LogP contribution in [-0.2, 0) is 19.1 Å². The van der Waals surface area contributed by atoms with E-state index in [0.717, 1.165) is 6.92 Å². The summed E-state index contributed by atoms with van der Waals surface area (Å²) < 4.78 is 60.3. The first-order valence-corrected chi connectivity index (χ1v) is 6.44. The van der Waals surface area contributed by atoms with Crippen LogP contribution in [0.1, 0.15) is 13.8 Å². The van der Waals surface area contributed by atoms with Crippen LogP contribution in [0.5, 0.6) is 0 Å². The fourth-order valence-corrected chi connectivity index (χ4v) is 2.38. The molecule has 5 atom stereocenters. The van der Waals surface area contributed by atoms with Crippen molar-refractivity contribution < 1.29 is 36.6 Å². The number of ether oxygens (including phenoxy) is 2. The minimum atomic E-state index is -5.13. The summed E-state index contributed by atoms with van der Waals surface area (Å²) in [4.78, 5) is 21.9. The maximum absolute atomic E-state index is 13.9. The van der Waals surface area contributed by atoms with E-state index in [9.17, 15) is 27.2 Å². The van der Waals surface area contributed by atoms with Gasteiger partial charge in [0.15, 0.2) is 12.3 Å². The first kappa shape index (κ1) is 17.2. The number of halogens is 5. The molecule has 10 heteroatoms. The smallest absolute Gasteiger partial charge is 0.457 e. The van der Waals surface area contributed by atoms with Crippen LogP contribution < -0.4 is 5.32 Å². The van der Waals surface area contributed by atoms with Crippen LogP contribution in [0.3, 0.4) is 0 Å². The third kappa shape index (κ3) is 4.05. The fourth-order valence-electron chi connectivity index (χ4n) is 1.74. The number of carbonyl (C=O) groups excluding carboxylic acids is 2. The van der Waals surface area contributed by atoms with E-state index in [2.05, 4.69) is 20.7 Å². The molecule has 1 amide bonds. The van der Waals surface area contributed by atoms with Gasteiger partial charge in [0.1, 0.15) is 5.01 Å². The van der Waals surface area contributed by atoms with Gasteiger partial charge in [0.05, 0.1) is 12.1 Å². The van der Waals surface area contributed by atoms with E-state index in [-0.39, 0.29) is 0 Å². The van der Waals surface area contributed by atoms with Gasteiger partial charge in [-0.25, -0.2) is 4.39 Å². The van der Waals surface area contributed by atoms with Crippen molar-refractivity contribution in [2.24, 2.45) is 0 Å². The quantitative estimate of drug-likeness (QED) is 0.457. The minimum Gasteiger partial charge on any atom is -0.457 e. The highest BCUT2D eigenvalue weighted by Crippen LogP contribution is 2.29. The van der Waals surface area contributed by atoms with Gasteiger partial charge in [0.25, 0.3) is 0 Å². The Morgan fingerprint density at radius 1 is 1.35 bits per heavy atom. The van der Waals surface area contributed by atoms with Gasteiger partial charge in [-0.2, -0.15) is 13.2 Å². The van der Waals surface area contributed by atoms with E-state index >= 15 is 0 Å². The van der Waals surface area contributed by atoms with E-state index in [4.69, 9.17) is 4.74 Å². The first-order valence-electron chi connectivity index (χ1n) is 5.52. The molecule has 20 heavy (non-hydrogen) atoms. The van der Waals surface area contributed by atoms with Gasteiger partial charge in [-0.1, -0.05) is 15.9 Å². The van der Waals surface area contributed by atoms with Gasteiger partial charge in [-0.3, -0.25) is 9.59 Å². The second kappa shape index (κ2) is 6.25. The third-order valence-corrected chi connectivity index (χ3v) is 3.35. The van der Waals surface area contributed by atoms with Crippen LogP contribution in [0.15, 0.2) is 0 Å². The highest BCUT2D eigenvalue weighted by Gasteiger charge is 2.49. The number of amides is 1. The molecule has 0 aromatic rings. The molecule has 0 aliphatic carbocycles. The van der Waals surface area contributed by atoms with Crippen molar-refractivity contribution in [3.05, 3.63) is 0 Å². The maximum atomic E-state index is 13.9. The van der Waals surface area contributed by atoms with E-state index < -0.39 is 47.5 Å². The summed E-state index contributed by atoms with van der Waals surface area (Å²) in [6.07, 6.45) is -9.61. The number of rotatable bonds is 2. The van der Waals surface area contributed by atoms with Crippen LogP contribution in [0.25, 0.3) is 0 Å². The molecule has 0 aromatic heterocycles. The van der Waals surface area contributed by atoms with E-state index in [1.165, 1.54) is 6.92 Å². The second-order valence-corrected chi connectivity index (χ2v) is 5.11. The highest BCUT2D eigenvalue weighted by molar-refractivity contribution is 9.09. The summed E-state index contributed by atoms with van der Waals surface area (Å²) in [7, 11) is 0. The van der Waals surface area contributed by atoms with Gasteiger partial charge in [-0.05, 0) is 6.92 Å². The molecule has 0 aromatic carbocycles. The Balaban J connectivity index is 2.92. The Bertz CT molecular complexity index is 392. The van der Waals surface area contributed by atoms with Crippen molar-refractivity contribution in [3.63, 3.8) is 0 Å². The Hall–Kier alpha value is -0.900. The molecule has 1 aliphatic rings. The number of esters is 1. The molecule has 0 saturated carbocycles. The topological polar surface area (TPSA) is 64.6 Å². The molecule has 116 valence electrons. The van der Waals surface area contributed by atoms with Crippen LogP contribution in [0.2, 0.25) is 0 Å².